The molecule has 0 aromatic heterocycles. The van der Waals surface area contributed by atoms with Gasteiger partial charge < -0.3 is 15.0 Å². The lowest BCUT2D eigenvalue weighted by atomic mass is 9.91. The Hall–Kier alpha value is -1.10. The van der Waals surface area contributed by atoms with E-state index in [-0.39, 0.29) is 35.7 Å². The van der Waals surface area contributed by atoms with E-state index in [1.165, 1.54) is 0 Å². The van der Waals surface area contributed by atoms with Crippen LogP contribution in [0.1, 0.15) is 40.5 Å². The number of rotatable bonds is 7. The zero-order chi connectivity index (χ0) is 15.3. The van der Waals surface area contributed by atoms with Gasteiger partial charge in [-0.2, -0.15) is 0 Å². The molecule has 116 valence electrons. The van der Waals surface area contributed by atoms with E-state index >= 15 is 0 Å². The van der Waals surface area contributed by atoms with Crippen LogP contribution in [-0.2, 0) is 14.3 Å². The molecule has 1 aliphatic rings. The van der Waals surface area contributed by atoms with Crippen molar-refractivity contribution in [3.05, 3.63) is 0 Å². The minimum absolute atomic E-state index is 0.0256. The Labute approximate surface area is 122 Å². The SMILES string of the molecule is CCC(C)C1NC(=O)C(C(C)C)N(CCCOC)C1=O. The van der Waals surface area contributed by atoms with Crippen LogP contribution >= 0.6 is 0 Å². The summed E-state index contributed by atoms with van der Waals surface area (Å²) in [5.74, 6) is 0.292. The molecule has 1 N–H and O–H groups in total. The molecule has 0 aromatic rings. The van der Waals surface area contributed by atoms with E-state index in [2.05, 4.69) is 5.32 Å². The monoisotopic (exact) mass is 284 g/mol. The third-order valence-corrected chi connectivity index (χ3v) is 4.04. The van der Waals surface area contributed by atoms with Crippen LogP contribution < -0.4 is 5.32 Å². The van der Waals surface area contributed by atoms with Gasteiger partial charge in [0.2, 0.25) is 11.8 Å². The van der Waals surface area contributed by atoms with Crippen molar-refractivity contribution in [2.45, 2.75) is 52.6 Å². The molecule has 0 aromatic carbocycles. The van der Waals surface area contributed by atoms with Gasteiger partial charge in [0.15, 0.2) is 0 Å². The maximum Gasteiger partial charge on any atom is 0.246 e. The molecular weight excluding hydrogens is 256 g/mol. The molecule has 5 heteroatoms. The van der Waals surface area contributed by atoms with Crippen LogP contribution in [0, 0.1) is 11.8 Å². The van der Waals surface area contributed by atoms with Crippen LogP contribution in [0.5, 0.6) is 0 Å². The van der Waals surface area contributed by atoms with Gasteiger partial charge in [0.1, 0.15) is 12.1 Å². The van der Waals surface area contributed by atoms with Gasteiger partial charge >= 0.3 is 0 Å². The summed E-state index contributed by atoms with van der Waals surface area (Å²) in [6.45, 7) is 9.18. The van der Waals surface area contributed by atoms with Gasteiger partial charge in [-0.25, -0.2) is 0 Å². The molecule has 0 radical (unpaired) electrons. The average molecular weight is 284 g/mol. The average Bonchev–Trinajstić information content (AvgIpc) is 2.41. The first-order valence-corrected chi connectivity index (χ1v) is 7.53. The molecular formula is C15H28N2O3. The van der Waals surface area contributed by atoms with E-state index < -0.39 is 0 Å². The van der Waals surface area contributed by atoms with Crippen LogP contribution in [0.2, 0.25) is 0 Å². The first-order chi connectivity index (χ1) is 9.43. The standard InChI is InChI=1S/C15H28N2O3/c1-6-11(4)12-15(19)17(8-7-9-20-5)13(10(2)3)14(18)16-12/h10-13H,6-9H2,1-5H3,(H,16,18). The fourth-order valence-corrected chi connectivity index (χ4v) is 2.67. The molecule has 1 heterocycles. The maximum atomic E-state index is 12.7. The maximum absolute atomic E-state index is 12.7. The van der Waals surface area contributed by atoms with Crippen molar-refractivity contribution in [3.8, 4) is 0 Å². The molecule has 0 bridgehead atoms. The van der Waals surface area contributed by atoms with Gasteiger partial charge in [-0.05, 0) is 18.3 Å². The first-order valence-electron chi connectivity index (χ1n) is 7.53. The largest absolute Gasteiger partial charge is 0.385 e. The molecule has 3 atom stereocenters. The Kier molecular flexibility index (Phi) is 6.46. The van der Waals surface area contributed by atoms with E-state index in [1.807, 2.05) is 27.7 Å². The number of amides is 2. The summed E-state index contributed by atoms with van der Waals surface area (Å²) in [6, 6.07) is -0.746. The molecule has 0 saturated carbocycles. The molecule has 20 heavy (non-hydrogen) atoms. The van der Waals surface area contributed by atoms with Crippen LogP contribution in [0.25, 0.3) is 0 Å². The van der Waals surface area contributed by atoms with Crippen LogP contribution in [0.15, 0.2) is 0 Å². The van der Waals surface area contributed by atoms with Crippen molar-refractivity contribution in [2.24, 2.45) is 11.8 Å². The second-order valence-electron chi connectivity index (χ2n) is 5.94. The molecule has 1 aliphatic heterocycles. The summed E-state index contributed by atoms with van der Waals surface area (Å²) < 4.78 is 5.05. The third kappa shape index (κ3) is 3.72. The zero-order valence-electron chi connectivity index (χ0n) is 13.3. The molecule has 1 fully saturated rings. The van der Waals surface area contributed by atoms with Crippen molar-refractivity contribution < 1.29 is 14.3 Å². The predicted octanol–water partition coefficient (Wildman–Crippen LogP) is 1.42. The zero-order valence-corrected chi connectivity index (χ0v) is 13.3. The van der Waals surface area contributed by atoms with E-state index in [1.54, 1.807) is 12.0 Å². The number of hydrogen-bond acceptors (Lipinski definition) is 3. The Morgan fingerprint density at radius 3 is 2.45 bits per heavy atom. The van der Waals surface area contributed by atoms with Crippen molar-refractivity contribution in [3.63, 3.8) is 0 Å². The Morgan fingerprint density at radius 1 is 1.30 bits per heavy atom. The summed E-state index contributed by atoms with van der Waals surface area (Å²) >= 11 is 0. The number of carbonyl (C=O) groups excluding carboxylic acids is 2. The third-order valence-electron chi connectivity index (χ3n) is 4.04. The topological polar surface area (TPSA) is 58.6 Å². The Balaban J connectivity index is 2.89. The lowest BCUT2D eigenvalue weighted by Crippen LogP contribution is -2.66. The van der Waals surface area contributed by atoms with E-state index in [9.17, 15) is 9.59 Å². The molecule has 3 unspecified atom stereocenters. The highest BCUT2D eigenvalue weighted by atomic mass is 16.5. The van der Waals surface area contributed by atoms with Crippen molar-refractivity contribution in [1.82, 2.24) is 10.2 Å². The highest BCUT2D eigenvalue weighted by molar-refractivity contribution is 5.97. The van der Waals surface area contributed by atoms with Crippen molar-refractivity contribution >= 4 is 11.8 Å². The van der Waals surface area contributed by atoms with Gasteiger partial charge in [0, 0.05) is 20.3 Å². The van der Waals surface area contributed by atoms with Crippen molar-refractivity contribution in [2.75, 3.05) is 20.3 Å². The normalized spacial score (nSPS) is 25.0. The summed E-state index contributed by atoms with van der Waals surface area (Å²) in [6.07, 6.45) is 1.63. The highest BCUT2D eigenvalue weighted by Crippen LogP contribution is 2.22. The fraction of sp³-hybridized carbons (Fsp3) is 0.867. The summed E-state index contributed by atoms with van der Waals surface area (Å²) in [4.78, 5) is 26.7. The van der Waals surface area contributed by atoms with Gasteiger partial charge in [-0.15, -0.1) is 0 Å². The highest BCUT2D eigenvalue weighted by Gasteiger charge is 2.42. The van der Waals surface area contributed by atoms with E-state index in [4.69, 9.17) is 4.74 Å². The summed E-state index contributed by atoms with van der Waals surface area (Å²) in [5, 5.41) is 2.91. The van der Waals surface area contributed by atoms with Gasteiger partial charge in [-0.3, -0.25) is 9.59 Å². The molecule has 1 rings (SSSR count). The molecule has 5 nitrogen and oxygen atoms in total. The van der Waals surface area contributed by atoms with E-state index in [0.29, 0.717) is 13.2 Å². The molecule has 0 aliphatic carbocycles. The number of piperazine rings is 1. The predicted molar refractivity (Wildman–Crippen MR) is 78.2 cm³/mol. The fourth-order valence-electron chi connectivity index (χ4n) is 2.67. The van der Waals surface area contributed by atoms with Gasteiger partial charge in [0.25, 0.3) is 0 Å². The second kappa shape index (κ2) is 7.62. The summed E-state index contributed by atoms with van der Waals surface area (Å²) in [5.41, 5.74) is 0. The smallest absolute Gasteiger partial charge is 0.246 e. The Bertz CT molecular complexity index is 344. The second-order valence-corrected chi connectivity index (χ2v) is 5.94. The van der Waals surface area contributed by atoms with Crippen LogP contribution in [-0.4, -0.2) is 49.1 Å². The lowest BCUT2D eigenvalue weighted by molar-refractivity contribution is -0.152. The van der Waals surface area contributed by atoms with Crippen LogP contribution in [0.4, 0.5) is 0 Å². The summed E-state index contributed by atoms with van der Waals surface area (Å²) in [7, 11) is 1.65. The number of carbonyl (C=O) groups is 2. The minimum atomic E-state index is -0.384. The van der Waals surface area contributed by atoms with Crippen molar-refractivity contribution in [1.29, 1.82) is 0 Å². The molecule has 1 saturated heterocycles. The number of hydrogen-bond donors (Lipinski definition) is 1. The minimum Gasteiger partial charge on any atom is -0.385 e. The molecule has 2 amide bonds. The van der Waals surface area contributed by atoms with Crippen LogP contribution in [0.3, 0.4) is 0 Å². The Morgan fingerprint density at radius 2 is 1.95 bits per heavy atom. The van der Waals surface area contributed by atoms with E-state index in [0.717, 1.165) is 12.8 Å². The molecule has 0 spiro atoms. The number of nitrogens with zero attached hydrogens (tertiary/aromatic N) is 1. The quantitative estimate of drug-likeness (QED) is 0.719. The van der Waals surface area contributed by atoms with Gasteiger partial charge in [0.05, 0.1) is 0 Å². The number of ether oxygens (including phenoxy) is 1. The first kappa shape index (κ1) is 17.0. The number of nitrogens with one attached hydrogen (secondary N) is 1. The van der Waals surface area contributed by atoms with Gasteiger partial charge in [-0.1, -0.05) is 34.1 Å². The lowest BCUT2D eigenvalue weighted by Gasteiger charge is -2.42. The number of methoxy groups -OCH3 is 1.